The van der Waals surface area contributed by atoms with Crippen molar-refractivity contribution in [2.24, 2.45) is 17.6 Å². The highest BCUT2D eigenvalue weighted by molar-refractivity contribution is 7.14. The number of amides is 1. The summed E-state index contributed by atoms with van der Waals surface area (Å²) in [6, 6.07) is 6.63. The van der Waals surface area contributed by atoms with E-state index >= 15 is 0 Å². The predicted octanol–water partition coefficient (Wildman–Crippen LogP) is 3.06. The maximum atomic E-state index is 14.2. The second-order valence-corrected chi connectivity index (χ2v) is 13.4. The highest BCUT2D eigenvalue weighted by atomic mass is 32.1. The van der Waals surface area contributed by atoms with Crippen molar-refractivity contribution in [1.82, 2.24) is 9.88 Å². The van der Waals surface area contributed by atoms with E-state index in [0.29, 0.717) is 27.6 Å². The number of allylic oxidation sites excluding steroid dienone is 1. The average Bonchev–Trinajstić information content (AvgIpc) is 3.47. The lowest BCUT2D eigenvalue weighted by Gasteiger charge is -2.50. The lowest BCUT2D eigenvalue weighted by Crippen LogP contribution is -2.63. The Morgan fingerprint density at radius 2 is 1.83 bits per heavy atom. The van der Waals surface area contributed by atoms with Crippen LogP contribution in [0.1, 0.15) is 27.9 Å². The molecule has 1 aromatic heterocycles. The highest BCUT2D eigenvalue weighted by Crippen LogP contribution is 2.53. The Morgan fingerprint density at radius 1 is 1.15 bits per heavy atom. The van der Waals surface area contributed by atoms with Crippen molar-refractivity contribution in [3.63, 3.8) is 0 Å². The van der Waals surface area contributed by atoms with Gasteiger partial charge in [-0.25, -0.2) is 9.37 Å². The molecule has 3 aromatic rings. The number of fused-ring (bicyclic) bond motifs is 3. The molecule has 12 nitrogen and oxygen atoms in total. The fourth-order valence-electron chi connectivity index (χ4n) is 7.17. The van der Waals surface area contributed by atoms with Crippen LogP contribution in [0.25, 0.3) is 11.3 Å². The number of hydrogen-bond donors (Lipinski definition) is 6. The summed E-state index contributed by atoms with van der Waals surface area (Å²) in [5.41, 5.74) is 4.46. The third kappa shape index (κ3) is 4.94. The molecule has 1 amide bonds. The van der Waals surface area contributed by atoms with E-state index < -0.39 is 58.0 Å². The molecule has 0 saturated carbocycles. The number of carbonyl (C=O) groups excluding carboxylic acids is 3. The summed E-state index contributed by atoms with van der Waals surface area (Å²) < 4.78 is 13.4. The van der Waals surface area contributed by atoms with E-state index in [1.807, 2.05) is 0 Å². The molecule has 0 radical (unpaired) electrons. The van der Waals surface area contributed by atoms with Gasteiger partial charge >= 0.3 is 0 Å². The number of aromatic hydroxyl groups is 1. The van der Waals surface area contributed by atoms with Gasteiger partial charge in [0.1, 0.15) is 28.7 Å². The van der Waals surface area contributed by atoms with Crippen molar-refractivity contribution in [3.05, 3.63) is 80.9 Å². The van der Waals surface area contributed by atoms with Crippen molar-refractivity contribution in [2.75, 3.05) is 38.4 Å². The van der Waals surface area contributed by atoms with E-state index in [1.54, 1.807) is 56.7 Å². The van der Waals surface area contributed by atoms with Crippen molar-refractivity contribution in [3.8, 4) is 17.0 Å². The number of likely N-dealkylation sites (N-methyl/N-ethyl adjacent to an activating group) is 1. The lowest BCUT2D eigenvalue weighted by atomic mass is 9.58. The first-order valence-electron chi connectivity index (χ1n) is 14.8. The first-order chi connectivity index (χ1) is 22.2. The molecule has 246 valence electrons. The van der Waals surface area contributed by atoms with Crippen LogP contribution in [0.3, 0.4) is 0 Å². The molecule has 1 heterocycles. The normalized spacial score (nSPS) is 23.9. The minimum absolute atomic E-state index is 0.00311. The largest absolute Gasteiger partial charge is 0.510 e. The molecule has 4 atom stereocenters. The first-order valence-corrected chi connectivity index (χ1v) is 15.7. The van der Waals surface area contributed by atoms with Gasteiger partial charge in [0.2, 0.25) is 5.78 Å². The number of primary amides is 1. The van der Waals surface area contributed by atoms with Gasteiger partial charge in [0.05, 0.1) is 17.3 Å². The number of phenols is 1. The zero-order valence-electron chi connectivity index (χ0n) is 26.0. The van der Waals surface area contributed by atoms with Gasteiger partial charge < -0.3 is 36.4 Å². The molecule has 0 spiro atoms. The van der Waals surface area contributed by atoms with E-state index in [-0.39, 0.29) is 42.1 Å². The standard InChI is InChI=1S/C33H34FN5O7S/c1-38(2)21-11-16(12-36-32-37-20(13-47-32)14-5-7-17(34)8-6-14)26(40)23-18(21)9-15-10-19-25(39(3)4)28(42)24(31(35)45)30(44)33(19,46)29(43)22(15)27(23)41/h5-8,11,13,15,19,25,40,42-43,46H,9-10,12H2,1-4H3,(H2,35,45)(H,36,37)/t15-,19-,25-,33-/m0/s1. The first kappa shape index (κ1) is 32.2. The fraction of sp³-hybridized carbons (Fsp3) is 0.333. The van der Waals surface area contributed by atoms with Gasteiger partial charge in [-0.15, -0.1) is 11.3 Å². The number of nitrogens with zero attached hydrogens (tertiary/aromatic N) is 3. The molecular formula is C33H34FN5O7S. The molecule has 0 unspecified atom stereocenters. The number of anilines is 2. The summed E-state index contributed by atoms with van der Waals surface area (Å²) >= 11 is 1.31. The van der Waals surface area contributed by atoms with Crippen LogP contribution in [-0.4, -0.2) is 87.6 Å². The topological polar surface area (TPSA) is 190 Å². The molecule has 0 aliphatic heterocycles. The van der Waals surface area contributed by atoms with Crippen LogP contribution in [0.2, 0.25) is 0 Å². The Kier molecular flexibility index (Phi) is 7.85. The molecule has 3 aliphatic carbocycles. The molecule has 6 rings (SSSR count). The number of benzene rings is 2. The van der Waals surface area contributed by atoms with Gasteiger partial charge in [-0.3, -0.25) is 19.3 Å². The van der Waals surface area contributed by atoms with E-state index in [1.165, 1.54) is 28.4 Å². The Hall–Kier alpha value is -4.79. The van der Waals surface area contributed by atoms with Crippen LogP contribution in [-0.2, 0) is 22.6 Å². The number of phenolic OH excluding ortho intramolecular Hbond substituents is 1. The van der Waals surface area contributed by atoms with Crippen molar-refractivity contribution < 1.29 is 39.2 Å². The second kappa shape index (κ2) is 11.5. The van der Waals surface area contributed by atoms with Crippen LogP contribution in [0, 0.1) is 17.7 Å². The number of rotatable bonds is 7. The van der Waals surface area contributed by atoms with Gasteiger partial charge in [0.15, 0.2) is 16.5 Å². The smallest absolute Gasteiger partial charge is 0.255 e. The number of aliphatic hydroxyl groups excluding tert-OH is 2. The number of thiazole rings is 1. The summed E-state index contributed by atoms with van der Waals surface area (Å²) in [5.74, 6) is -7.32. The molecular weight excluding hydrogens is 629 g/mol. The third-order valence-electron chi connectivity index (χ3n) is 9.33. The van der Waals surface area contributed by atoms with E-state index in [4.69, 9.17) is 5.73 Å². The number of nitrogens with two attached hydrogens (primary N) is 1. The molecule has 7 N–H and O–H groups in total. The Morgan fingerprint density at radius 3 is 2.45 bits per heavy atom. The number of aromatic nitrogens is 1. The predicted molar refractivity (Wildman–Crippen MR) is 173 cm³/mol. The summed E-state index contributed by atoms with van der Waals surface area (Å²) in [7, 11) is 6.76. The average molecular weight is 664 g/mol. The number of ketones is 2. The van der Waals surface area contributed by atoms with Crippen molar-refractivity contribution in [2.45, 2.75) is 31.0 Å². The number of hydrogen-bond acceptors (Lipinski definition) is 12. The van der Waals surface area contributed by atoms with Crippen molar-refractivity contribution in [1.29, 1.82) is 0 Å². The molecule has 0 saturated heterocycles. The maximum Gasteiger partial charge on any atom is 0.255 e. The Balaban J connectivity index is 1.40. The number of nitrogens with one attached hydrogen (secondary N) is 1. The van der Waals surface area contributed by atoms with Crippen LogP contribution in [0.4, 0.5) is 15.2 Å². The van der Waals surface area contributed by atoms with Gasteiger partial charge in [-0.2, -0.15) is 0 Å². The van der Waals surface area contributed by atoms with Gasteiger partial charge in [-0.1, -0.05) is 0 Å². The number of aliphatic hydroxyl groups is 3. The van der Waals surface area contributed by atoms with Crippen LogP contribution in [0.5, 0.6) is 5.75 Å². The Bertz CT molecular complexity index is 1900. The number of halogens is 1. The quantitative estimate of drug-likeness (QED) is 0.204. The van der Waals surface area contributed by atoms with E-state index in [9.17, 15) is 39.2 Å². The highest BCUT2D eigenvalue weighted by Gasteiger charge is 2.63. The maximum absolute atomic E-state index is 14.2. The zero-order valence-corrected chi connectivity index (χ0v) is 26.9. The molecule has 0 bridgehead atoms. The van der Waals surface area contributed by atoms with Crippen molar-refractivity contribution >= 4 is 39.6 Å². The van der Waals surface area contributed by atoms with Crippen LogP contribution in [0.15, 0.2) is 58.4 Å². The lowest BCUT2D eigenvalue weighted by molar-refractivity contribution is -0.148. The molecule has 3 aliphatic rings. The monoisotopic (exact) mass is 663 g/mol. The minimum atomic E-state index is -2.71. The summed E-state index contributed by atoms with van der Waals surface area (Å²) in [6.07, 6.45) is 0.181. The Labute approximate surface area is 273 Å². The van der Waals surface area contributed by atoms with E-state index in [2.05, 4.69) is 10.3 Å². The zero-order chi connectivity index (χ0) is 34.1. The molecule has 2 aromatic carbocycles. The fourth-order valence-corrected chi connectivity index (χ4v) is 7.88. The van der Waals surface area contributed by atoms with Crippen LogP contribution < -0.4 is 16.0 Å². The van der Waals surface area contributed by atoms with E-state index in [0.717, 1.165) is 5.56 Å². The number of Topliss-reactive ketones (excluding diaryl/α,β-unsaturated/α-hetero) is 2. The summed E-state index contributed by atoms with van der Waals surface area (Å²) in [6.45, 7) is 0.0686. The molecule has 14 heteroatoms. The van der Waals surface area contributed by atoms with Crippen LogP contribution >= 0.6 is 11.3 Å². The summed E-state index contributed by atoms with van der Waals surface area (Å²) in [4.78, 5) is 47.9. The van der Waals surface area contributed by atoms with Gasteiger partial charge in [0.25, 0.3) is 5.91 Å². The SMILES string of the molecule is CN(C)c1cc(CNc2nc(-c3ccc(F)cc3)cs2)c(O)c2c1C[C@H]1C[C@H]3[C@H](N(C)C)C(O)=C(C(N)=O)C(=O)[C@@]3(O)C(O)=C1C2=O. The number of carbonyl (C=O) groups is 3. The summed E-state index contributed by atoms with van der Waals surface area (Å²) in [5, 5.41) is 51.4. The molecule has 0 fully saturated rings. The second-order valence-electron chi connectivity index (χ2n) is 12.5. The van der Waals surface area contributed by atoms with Gasteiger partial charge in [0, 0.05) is 54.3 Å². The minimum Gasteiger partial charge on any atom is -0.510 e. The van der Waals surface area contributed by atoms with Gasteiger partial charge in [-0.05, 0) is 68.8 Å². The third-order valence-corrected chi connectivity index (χ3v) is 10.1. The molecule has 47 heavy (non-hydrogen) atoms.